The minimum absolute atomic E-state index is 0.0272. The lowest BCUT2D eigenvalue weighted by atomic mass is 10.2. The quantitative estimate of drug-likeness (QED) is 0.737. The Kier molecular flexibility index (Phi) is 4.14. The molecule has 0 atom stereocenters. The maximum absolute atomic E-state index is 13.2. The molecule has 0 unspecified atom stereocenters. The third-order valence-corrected chi connectivity index (χ3v) is 5.09. The van der Waals surface area contributed by atoms with Gasteiger partial charge in [-0.2, -0.15) is 5.10 Å². The molecule has 0 saturated carbocycles. The summed E-state index contributed by atoms with van der Waals surface area (Å²) in [5, 5.41) is 9.89. The molecule has 4 rings (SSSR count). The number of nitrogens with one attached hydrogen (secondary N) is 1. The van der Waals surface area contributed by atoms with E-state index in [1.165, 1.54) is 29.5 Å². The second-order valence-corrected chi connectivity index (χ2v) is 6.85. The molecular formula is C16H13ClFN5OS. The number of rotatable bonds is 2. The van der Waals surface area contributed by atoms with E-state index in [2.05, 4.69) is 15.4 Å². The minimum atomic E-state index is -0.519. The van der Waals surface area contributed by atoms with Crippen LogP contribution in [0, 0.1) is 5.82 Å². The van der Waals surface area contributed by atoms with Crippen LogP contribution in [0.3, 0.4) is 0 Å². The number of carbonyl (C=O) groups excluding carboxylic acids is 1. The number of amides is 2. The number of aromatic nitrogens is 3. The normalized spacial score (nSPS) is 13.6. The van der Waals surface area contributed by atoms with Gasteiger partial charge in [-0.15, -0.1) is 11.3 Å². The molecule has 0 spiro atoms. The first kappa shape index (κ1) is 16.0. The van der Waals surface area contributed by atoms with Gasteiger partial charge in [0.15, 0.2) is 0 Å². The van der Waals surface area contributed by atoms with Gasteiger partial charge in [-0.05, 0) is 18.2 Å². The zero-order valence-electron chi connectivity index (χ0n) is 12.9. The highest BCUT2D eigenvalue weighted by Crippen LogP contribution is 2.28. The van der Waals surface area contributed by atoms with Crippen LogP contribution in [0.1, 0.15) is 5.69 Å². The number of thiazole rings is 1. The molecule has 1 N–H and O–H groups in total. The van der Waals surface area contributed by atoms with Gasteiger partial charge < -0.3 is 10.2 Å². The number of nitrogens with zero attached hydrogens (tertiary/aromatic N) is 4. The van der Waals surface area contributed by atoms with Crippen LogP contribution in [-0.4, -0.2) is 32.2 Å². The zero-order chi connectivity index (χ0) is 17.4. The molecule has 2 amide bonds. The Bertz CT molecular complexity index is 927. The van der Waals surface area contributed by atoms with Gasteiger partial charge in [-0.1, -0.05) is 11.6 Å². The fraction of sp³-hybridized carbons (Fsp3) is 0.188. The van der Waals surface area contributed by atoms with Gasteiger partial charge in [0, 0.05) is 23.8 Å². The van der Waals surface area contributed by atoms with Crippen LogP contribution in [0.25, 0.3) is 10.6 Å². The number of anilines is 1. The summed E-state index contributed by atoms with van der Waals surface area (Å²) < 4.78 is 15.1. The molecular weight excluding hydrogens is 365 g/mol. The summed E-state index contributed by atoms with van der Waals surface area (Å²) in [4.78, 5) is 18.5. The van der Waals surface area contributed by atoms with E-state index in [9.17, 15) is 9.18 Å². The van der Waals surface area contributed by atoms with Crippen LogP contribution in [0.2, 0.25) is 5.02 Å². The zero-order valence-corrected chi connectivity index (χ0v) is 14.5. The average molecular weight is 378 g/mol. The Balaban J connectivity index is 1.52. The van der Waals surface area contributed by atoms with Crippen LogP contribution in [0.4, 0.5) is 14.9 Å². The van der Waals surface area contributed by atoms with E-state index in [0.717, 1.165) is 16.3 Å². The van der Waals surface area contributed by atoms with Gasteiger partial charge in [0.2, 0.25) is 0 Å². The summed E-state index contributed by atoms with van der Waals surface area (Å²) in [6.07, 6.45) is 3.53. The summed E-state index contributed by atoms with van der Waals surface area (Å²) in [5.74, 6) is -0.519. The van der Waals surface area contributed by atoms with Gasteiger partial charge in [0.25, 0.3) is 0 Å². The number of halogens is 2. The monoisotopic (exact) mass is 377 g/mol. The predicted molar refractivity (Wildman–Crippen MR) is 94.2 cm³/mol. The smallest absolute Gasteiger partial charge is 0.317 e. The van der Waals surface area contributed by atoms with Crippen molar-refractivity contribution in [1.29, 1.82) is 0 Å². The summed E-state index contributed by atoms with van der Waals surface area (Å²) in [7, 11) is 0. The van der Waals surface area contributed by atoms with Crippen molar-refractivity contribution < 1.29 is 9.18 Å². The third-order valence-electron chi connectivity index (χ3n) is 3.99. The minimum Gasteiger partial charge on any atom is -0.317 e. The molecule has 1 aromatic carbocycles. The molecule has 0 fully saturated rings. The molecule has 9 heteroatoms. The van der Waals surface area contributed by atoms with E-state index in [4.69, 9.17) is 11.6 Å². The largest absolute Gasteiger partial charge is 0.322 e. The summed E-state index contributed by atoms with van der Waals surface area (Å²) in [5.41, 5.74) is 2.35. The average Bonchev–Trinajstić information content (AvgIpc) is 3.26. The van der Waals surface area contributed by atoms with E-state index in [1.54, 1.807) is 17.3 Å². The molecule has 0 aliphatic carbocycles. The van der Waals surface area contributed by atoms with Crippen molar-refractivity contribution in [2.45, 2.75) is 13.1 Å². The molecule has 3 aromatic rings. The molecule has 25 heavy (non-hydrogen) atoms. The molecule has 6 nitrogen and oxygen atoms in total. The Labute approximate surface area is 151 Å². The molecule has 0 saturated heterocycles. The van der Waals surface area contributed by atoms with Gasteiger partial charge in [0.05, 0.1) is 35.6 Å². The highest BCUT2D eigenvalue weighted by molar-refractivity contribution is 7.13. The predicted octanol–water partition coefficient (Wildman–Crippen LogP) is 3.85. The maximum atomic E-state index is 13.2. The van der Waals surface area contributed by atoms with Gasteiger partial charge in [-0.3, -0.25) is 4.68 Å². The Morgan fingerprint density at radius 3 is 3.00 bits per heavy atom. The van der Waals surface area contributed by atoms with Crippen LogP contribution in [0.15, 0.2) is 36.0 Å². The van der Waals surface area contributed by atoms with E-state index in [0.29, 0.717) is 25.3 Å². The Morgan fingerprint density at radius 1 is 1.36 bits per heavy atom. The summed E-state index contributed by atoms with van der Waals surface area (Å²) >= 11 is 7.29. The van der Waals surface area contributed by atoms with Crippen molar-refractivity contribution in [2.24, 2.45) is 0 Å². The fourth-order valence-electron chi connectivity index (χ4n) is 2.73. The van der Waals surface area contributed by atoms with Crippen molar-refractivity contribution in [1.82, 2.24) is 19.7 Å². The summed E-state index contributed by atoms with van der Waals surface area (Å²) in [6, 6.07) is 3.84. The SMILES string of the molecule is O=C(Nc1ccc(F)c(Cl)c1)N1CCn2ncc(-c3nccs3)c2C1. The number of benzene rings is 1. The first-order valence-electron chi connectivity index (χ1n) is 7.57. The van der Waals surface area contributed by atoms with Gasteiger partial charge >= 0.3 is 6.03 Å². The van der Waals surface area contributed by atoms with Crippen molar-refractivity contribution in [3.05, 3.63) is 52.5 Å². The number of urea groups is 1. The molecule has 128 valence electrons. The van der Waals surface area contributed by atoms with Crippen LogP contribution in [-0.2, 0) is 13.1 Å². The van der Waals surface area contributed by atoms with Crippen LogP contribution < -0.4 is 5.32 Å². The first-order valence-corrected chi connectivity index (χ1v) is 8.83. The van der Waals surface area contributed by atoms with E-state index in [-0.39, 0.29) is 11.1 Å². The standard InChI is InChI=1S/C16H13ClFN5OS/c17-12-7-10(1-2-13(12)18)21-16(24)22-4-5-23-14(9-22)11(8-20-23)15-19-3-6-25-15/h1-3,6-8H,4-5,9H2,(H,21,24). The lowest BCUT2D eigenvalue weighted by Gasteiger charge is -2.28. The Morgan fingerprint density at radius 2 is 2.24 bits per heavy atom. The molecule has 1 aliphatic rings. The van der Waals surface area contributed by atoms with E-state index in [1.807, 2.05) is 10.1 Å². The number of carbonyl (C=O) groups is 1. The topological polar surface area (TPSA) is 63.1 Å². The van der Waals surface area contributed by atoms with Crippen molar-refractivity contribution in [2.75, 3.05) is 11.9 Å². The fourth-order valence-corrected chi connectivity index (χ4v) is 3.58. The molecule has 0 radical (unpaired) electrons. The van der Waals surface area contributed by atoms with Crippen molar-refractivity contribution in [3.63, 3.8) is 0 Å². The molecule has 1 aliphatic heterocycles. The maximum Gasteiger partial charge on any atom is 0.322 e. The summed E-state index contributed by atoms with van der Waals surface area (Å²) in [6.45, 7) is 1.57. The lowest BCUT2D eigenvalue weighted by molar-refractivity contribution is 0.194. The van der Waals surface area contributed by atoms with Gasteiger partial charge in [-0.25, -0.2) is 14.2 Å². The number of hydrogen-bond acceptors (Lipinski definition) is 4. The second-order valence-electron chi connectivity index (χ2n) is 5.55. The first-order chi connectivity index (χ1) is 12.1. The van der Waals surface area contributed by atoms with E-state index < -0.39 is 5.82 Å². The van der Waals surface area contributed by atoms with Crippen molar-refractivity contribution in [3.8, 4) is 10.6 Å². The molecule has 2 aromatic heterocycles. The van der Waals surface area contributed by atoms with Gasteiger partial charge in [0.1, 0.15) is 10.8 Å². The number of fused-ring (bicyclic) bond motifs is 1. The lowest BCUT2D eigenvalue weighted by Crippen LogP contribution is -2.41. The molecule has 3 heterocycles. The highest BCUT2D eigenvalue weighted by Gasteiger charge is 2.25. The third kappa shape index (κ3) is 3.10. The Hall–Kier alpha value is -2.45. The van der Waals surface area contributed by atoms with Crippen LogP contribution >= 0.6 is 22.9 Å². The molecule has 0 bridgehead atoms. The van der Waals surface area contributed by atoms with E-state index >= 15 is 0 Å². The highest BCUT2D eigenvalue weighted by atomic mass is 35.5. The van der Waals surface area contributed by atoms with Crippen LogP contribution in [0.5, 0.6) is 0 Å². The number of hydrogen-bond donors (Lipinski definition) is 1. The van der Waals surface area contributed by atoms with Crippen molar-refractivity contribution >= 4 is 34.7 Å². The second kappa shape index (κ2) is 6.45.